The Bertz CT molecular complexity index is 540. The number of nitrogens with one attached hydrogen (secondary N) is 2. The summed E-state index contributed by atoms with van der Waals surface area (Å²) in [6.07, 6.45) is -2.97. The van der Waals surface area contributed by atoms with Gasteiger partial charge in [-0.3, -0.25) is 4.79 Å². The van der Waals surface area contributed by atoms with Crippen molar-refractivity contribution >= 4 is 11.6 Å². The predicted molar refractivity (Wildman–Crippen MR) is 76.9 cm³/mol. The third-order valence-electron chi connectivity index (χ3n) is 3.69. The summed E-state index contributed by atoms with van der Waals surface area (Å²) in [5.41, 5.74) is -0.471. The second-order valence-corrected chi connectivity index (χ2v) is 5.23. The molecule has 1 aliphatic rings. The molecule has 2 rings (SSSR count). The van der Waals surface area contributed by atoms with Crippen LogP contribution in [0.1, 0.15) is 35.7 Å². The van der Waals surface area contributed by atoms with E-state index in [2.05, 4.69) is 10.6 Å². The molecule has 1 aromatic rings. The molecule has 0 radical (unpaired) electrons. The quantitative estimate of drug-likeness (QED) is 0.878. The Hall–Kier alpha value is -1.76. The Kier molecular flexibility index (Phi) is 4.95. The zero-order valence-corrected chi connectivity index (χ0v) is 12.5. The number of hydrogen-bond donors (Lipinski definition) is 2. The summed E-state index contributed by atoms with van der Waals surface area (Å²) in [6.45, 7) is 2.51. The molecule has 7 heteroatoms. The van der Waals surface area contributed by atoms with Gasteiger partial charge >= 0.3 is 6.18 Å². The first-order valence-corrected chi connectivity index (χ1v) is 7.16. The normalized spacial score (nSPS) is 21.1. The van der Waals surface area contributed by atoms with Gasteiger partial charge in [0.05, 0.1) is 17.2 Å². The maximum absolute atomic E-state index is 12.8. The molecule has 1 aliphatic carbocycles. The first-order valence-electron chi connectivity index (χ1n) is 7.16. The summed E-state index contributed by atoms with van der Waals surface area (Å²) < 4.78 is 43.7. The molecule has 0 heterocycles. The summed E-state index contributed by atoms with van der Waals surface area (Å²) in [6, 6.07) is 3.04. The van der Waals surface area contributed by atoms with Crippen molar-refractivity contribution in [2.75, 3.05) is 19.0 Å². The summed E-state index contributed by atoms with van der Waals surface area (Å²) >= 11 is 0. The van der Waals surface area contributed by atoms with Crippen LogP contribution >= 0.6 is 0 Å². The van der Waals surface area contributed by atoms with Gasteiger partial charge in [-0.1, -0.05) is 0 Å². The average molecular weight is 316 g/mol. The standard InChI is InChI=1S/C15H19F3N2O2/c1-3-22-11-7-10(8-11)20-14(21)12-6-9(15(16,17)18)4-5-13(12)19-2/h4-6,10-11,19H,3,7-8H2,1-2H3,(H,20,21). The van der Waals surface area contributed by atoms with E-state index >= 15 is 0 Å². The molecule has 0 aromatic heterocycles. The maximum Gasteiger partial charge on any atom is 0.416 e. The fourth-order valence-corrected chi connectivity index (χ4v) is 2.44. The third kappa shape index (κ3) is 3.71. The smallest absolute Gasteiger partial charge is 0.387 e. The summed E-state index contributed by atoms with van der Waals surface area (Å²) in [4.78, 5) is 12.2. The highest BCUT2D eigenvalue weighted by Crippen LogP contribution is 2.32. The number of rotatable bonds is 5. The van der Waals surface area contributed by atoms with E-state index in [1.807, 2.05) is 6.92 Å². The molecular weight excluding hydrogens is 297 g/mol. The molecule has 0 aliphatic heterocycles. The van der Waals surface area contributed by atoms with Crippen LogP contribution in [-0.2, 0) is 10.9 Å². The van der Waals surface area contributed by atoms with Crippen LogP contribution in [0.25, 0.3) is 0 Å². The van der Waals surface area contributed by atoms with Gasteiger partial charge < -0.3 is 15.4 Å². The average Bonchev–Trinajstić information content (AvgIpc) is 2.43. The van der Waals surface area contributed by atoms with Gasteiger partial charge in [-0.2, -0.15) is 13.2 Å². The monoisotopic (exact) mass is 316 g/mol. The van der Waals surface area contributed by atoms with Crippen LogP contribution < -0.4 is 10.6 Å². The van der Waals surface area contributed by atoms with Gasteiger partial charge in [0, 0.05) is 25.4 Å². The van der Waals surface area contributed by atoms with Crippen LogP contribution in [0.2, 0.25) is 0 Å². The van der Waals surface area contributed by atoms with Crippen LogP contribution in [-0.4, -0.2) is 31.7 Å². The van der Waals surface area contributed by atoms with E-state index in [0.717, 1.165) is 12.1 Å². The van der Waals surface area contributed by atoms with E-state index < -0.39 is 17.6 Å². The highest BCUT2D eigenvalue weighted by atomic mass is 19.4. The first kappa shape index (κ1) is 16.6. The lowest BCUT2D eigenvalue weighted by Gasteiger charge is -2.35. The van der Waals surface area contributed by atoms with E-state index in [1.165, 1.54) is 6.07 Å². The van der Waals surface area contributed by atoms with E-state index in [0.29, 0.717) is 25.1 Å². The summed E-state index contributed by atoms with van der Waals surface area (Å²) in [7, 11) is 1.56. The molecule has 0 saturated heterocycles. The number of alkyl halides is 3. The summed E-state index contributed by atoms with van der Waals surface area (Å²) in [5.74, 6) is -0.504. The zero-order valence-electron chi connectivity index (χ0n) is 12.5. The van der Waals surface area contributed by atoms with Gasteiger partial charge in [0.2, 0.25) is 0 Å². The SMILES string of the molecule is CCOC1CC(NC(=O)c2cc(C(F)(F)F)ccc2NC)C1. The second kappa shape index (κ2) is 6.56. The number of ether oxygens (including phenoxy) is 1. The maximum atomic E-state index is 12.8. The van der Waals surface area contributed by atoms with Crippen molar-refractivity contribution in [2.45, 2.75) is 38.1 Å². The van der Waals surface area contributed by atoms with Gasteiger partial charge in [-0.15, -0.1) is 0 Å². The molecule has 1 fully saturated rings. The molecule has 1 aromatic carbocycles. The fourth-order valence-electron chi connectivity index (χ4n) is 2.44. The van der Waals surface area contributed by atoms with Crippen LogP contribution in [0.4, 0.5) is 18.9 Å². The highest BCUT2D eigenvalue weighted by Gasteiger charge is 2.34. The zero-order chi connectivity index (χ0) is 16.3. The number of halogens is 3. The Morgan fingerprint density at radius 1 is 1.36 bits per heavy atom. The Morgan fingerprint density at radius 3 is 2.59 bits per heavy atom. The number of benzene rings is 1. The molecule has 122 valence electrons. The van der Waals surface area contributed by atoms with E-state index in [1.54, 1.807) is 7.05 Å². The van der Waals surface area contributed by atoms with Crippen molar-refractivity contribution < 1.29 is 22.7 Å². The van der Waals surface area contributed by atoms with Crippen LogP contribution in [0.5, 0.6) is 0 Å². The molecule has 22 heavy (non-hydrogen) atoms. The lowest BCUT2D eigenvalue weighted by molar-refractivity contribution is -0.137. The van der Waals surface area contributed by atoms with Crippen molar-refractivity contribution in [1.82, 2.24) is 5.32 Å². The molecule has 0 unspecified atom stereocenters. The van der Waals surface area contributed by atoms with Crippen molar-refractivity contribution in [1.29, 1.82) is 0 Å². The summed E-state index contributed by atoms with van der Waals surface area (Å²) in [5, 5.41) is 5.49. The predicted octanol–water partition coefficient (Wildman–Crippen LogP) is 3.04. The minimum atomic E-state index is -4.47. The number of carbonyl (C=O) groups excluding carboxylic acids is 1. The Balaban J connectivity index is 2.08. The van der Waals surface area contributed by atoms with Crippen molar-refractivity contribution in [3.05, 3.63) is 29.3 Å². The third-order valence-corrected chi connectivity index (χ3v) is 3.69. The molecule has 0 spiro atoms. The fraction of sp³-hybridized carbons (Fsp3) is 0.533. The van der Waals surface area contributed by atoms with Gasteiger partial charge in [-0.05, 0) is 38.0 Å². The molecule has 1 saturated carbocycles. The van der Waals surface area contributed by atoms with Crippen LogP contribution in [0.3, 0.4) is 0 Å². The van der Waals surface area contributed by atoms with E-state index in [9.17, 15) is 18.0 Å². The van der Waals surface area contributed by atoms with Crippen molar-refractivity contribution in [3.63, 3.8) is 0 Å². The molecule has 0 bridgehead atoms. The Labute approximate surface area is 127 Å². The lowest BCUT2D eigenvalue weighted by atomic mass is 9.89. The number of carbonyl (C=O) groups is 1. The molecule has 0 atom stereocenters. The van der Waals surface area contributed by atoms with Gasteiger partial charge in [0.25, 0.3) is 5.91 Å². The molecule has 1 amide bonds. The number of anilines is 1. The van der Waals surface area contributed by atoms with E-state index in [4.69, 9.17) is 4.74 Å². The van der Waals surface area contributed by atoms with Gasteiger partial charge in [0.1, 0.15) is 0 Å². The topological polar surface area (TPSA) is 50.4 Å². The number of hydrogen-bond acceptors (Lipinski definition) is 3. The largest absolute Gasteiger partial charge is 0.416 e. The van der Waals surface area contributed by atoms with Crippen molar-refractivity contribution in [3.8, 4) is 0 Å². The minimum absolute atomic E-state index is 0.00261. The highest BCUT2D eigenvalue weighted by molar-refractivity contribution is 6.00. The molecule has 4 nitrogen and oxygen atoms in total. The van der Waals surface area contributed by atoms with E-state index in [-0.39, 0.29) is 17.7 Å². The van der Waals surface area contributed by atoms with Crippen LogP contribution in [0.15, 0.2) is 18.2 Å². The van der Waals surface area contributed by atoms with Crippen molar-refractivity contribution in [2.24, 2.45) is 0 Å². The Morgan fingerprint density at radius 2 is 2.05 bits per heavy atom. The lowest BCUT2D eigenvalue weighted by Crippen LogP contribution is -2.47. The van der Waals surface area contributed by atoms with Gasteiger partial charge in [-0.25, -0.2) is 0 Å². The first-order chi connectivity index (χ1) is 10.3. The van der Waals surface area contributed by atoms with Crippen LogP contribution in [0, 0.1) is 0 Å². The second-order valence-electron chi connectivity index (χ2n) is 5.23. The minimum Gasteiger partial charge on any atom is -0.387 e. The van der Waals surface area contributed by atoms with Gasteiger partial charge in [0.15, 0.2) is 0 Å². The molecule has 2 N–H and O–H groups in total. The number of amides is 1. The molecular formula is C15H19F3N2O2.